The van der Waals surface area contributed by atoms with Gasteiger partial charge in [0.15, 0.2) is 0 Å². The highest BCUT2D eigenvalue weighted by Crippen LogP contribution is 2.31. The van der Waals surface area contributed by atoms with Crippen molar-refractivity contribution in [2.24, 2.45) is 0 Å². The summed E-state index contributed by atoms with van der Waals surface area (Å²) in [4.78, 5) is 0. The summed E-state index contributed by atoms with van der Waals surface area (Å²) in [6.45, 7) is 0. The standard InChI is InChI=1S/C14H12Br2ClN/c1-18-14(9-3-2-4-11(17)7-9)12-6-5-10(15)8-13(12)16/h2-8,14,18H,1H3. The molecule has 0 amide bonds. The van der Waals surface area contributed by atoms with Gasteiger partial charge in [0, 0.05) is 14.0 Å². The minimum Gasteiger partial charge on any atom is -0.309 e. The van der Waals surface area contributed by atoms with E-state index < -0.39 is 0 Å². The second-order valence-electron chi connectivity index (χ2n) is 3.94. The largest absolute Gasteiger partial charge is 0.309 e. The van der Waals surface area contributed by atoms with E-state index in [0.29, 0.717) is 0 Å². The third kappa shape index (κ3) is 3.15. The summed E-state index contributed by atoms with van der Waals surface area (Å²) in [6, 6.07) is 14.2. The van der Waals surface area contributed by atoms with E-state index in [-0.39, 0.29) is 6.04 Å². The summed E-state index contributed by atoms with van der Waals surface area (Å²) in [6.07, 6.45) is 0. The molecule has 0 aliphatic heterocycles. The summed E-state index contributed by atoms with van der Waals surface area (Å²) in [5.74, 6) is 0. The van der Waals surface area contributed by atoms with Crippen LogP contribution < -0.4 is 5.32 Å². The SMILES string of the molecule is CNC(c1cccc(Cl)c1)c1ccc(Br)cc1Br. The number of hydrogen-bond acceptors (Lipinski definition) is 1. The van der Waals surface area contributed by atoms with Crippen molar-refractivity contribution in [2.45, 2.75) is 6.04 Å². The van der Waals surface area contributed by atoms with E-state index in [2.05, 4.69) is 49.3 Å². The number of halogens is 3. The molecule has 18 heavy (non-hydrogen) atoms. The molecule has 1 unspecified atom stereocenters. The van der Waals surface area contributed by atoms with Gasteiger partial charge in [0.1, 0.15) is 0 Å². The average Bonchev–Trinajstić information content (AvgIpc) is 2.33. The second kappa shape index (κ2) is 6.20. The van der Waals surface area contributed by atoms with Crippen LogP contribution in [0.15, 0.2) is 51.4 Å². The number of nitrogens with one attached hydrogen (secondary N) is 1. The van der Waals surface area contributed by atoms with Crippen LogP contribution in [0, 0.1) is 0 Å². The maximum Gasteiger partial charge on any atom is 0.0585 e. The first-order chi connectivity index (χ1) is 8.61. The fourth-order valence-electron chi connectivity index (χ4n) is 1.92. The molecule has 0 saturated heterocycles. The van der Waals surface area contributed by atoms with Crippen LogP contribution in [0.2, 0.25) is 5.02 Å². The van der Waals surface area contributed by atoms with Gasteiger partial charge < -0.3 is 5.32 Å². The van der Waals surface area contributed by atoms with E-state index in [4.69, 9.17) is 11.6 Å². The fourth-order valence-corrected chi connectivity index (χ4v) is 3.40. The van der Waals surface area contributed by atoms with Gasteiger partial charge in [-0.3, -0.25) is 0 Å². The zero-order chi connectivity index (χ0) is 13.1. The van der Waals surface area contributed by atoms with E-state index in [9.17, 15) is 0 Å². The Kier molecular flexibility index (Phi) is 4.84. The first-order valence-corrected chi connectivity index (χ1v) is 7.46. The summed E-state index contributed by atoms with van der Waals surface area (Å²) in [5.41, 5.74) is 2.33. The van der Waals surface area contributed by atoms with Crippen LogP contribution >= 0.6 is 43.5 Å². The van der Waals surface area contributed by atoms with Crippen molar-refractivity contribution in [3.05, 3.63) is 67.6 Å². The van der Waals surface area contributed by atoms with Gasteiger partial charge >= 0.3 is 0 Å². The van der Waals surface area contributed by atoms with Gasteiger partial charge in [-0.1, -0.05) is 61.7 Å². The van der Waals surface area contributed by atoms with Crippen LogP contribution in [0.1, 0.15) is 17.2 Å². The fraction of sp³-hybridized carbons (Fsp3) is 0.143. The van der Waals surface area contributed by atoms with Crippen molar-refractivity contribution in [1.82, 2.24) is 5.32 Å². The molecule has 0 aliphatic rings. The summed E-state index contributed by atoms with van der Waals surface area (Å²) >= 11 is 13.1. The van der Waals surface area contributed by atoms with E-state index in [1.807, 2.05) is 37.4 Å². The third-order valence-electron chi connectivity index (χ3n) is 2.74. The maximum atomic E-state index is 6.05. The van der Waals surface area contributed by atoms with Gasteiger partial charge in [-0.25, -0.2) is 0 Å². The molecule has 0 aliphatic carbocycles. The lowest BCUT2D eigenvalue weighted by molar-refractivity contribution is 0.689. The van der Waals surface area contributed by atoms with Gasteiger partial charge in [-0.15, -0.1) is 0 Å². The molecule has 4 heteroatoms. The van der Waals surface area contributed by atoms with Gasteiger partial charge in [-0.2, -0.15) is 0 Å². The summed E-state index contributed by atoms with van der Waals surface area (Å²) in [5, 5.41) is 4.07. The van der Waals surface area contributed by atoms with Crippen molar-refractivity contribution in [3.8, 4) is 0 Å². The molecule has 0 heterocycles. The molecule has 0 bridgehead atoms. The Morgan fingerprint density at radius 3 is 2.50 bits per heavy atom. The third-order valence-corrected chi connectivity index (χ3v) is 4.16. The molecule has 1 nitrogen and oxygen atoms in total. The molecule has 1 atom stereocenters. The first-order valence-electron chi connectivity index (χ1n) is 5.49. The van der Waals surface area contributed by atoms with Crippen LogP contribution in [0.25, 0.3) is 0 Å². The van der Waals surface area contributed by atoms with Crippen LogP contribution in [0.3, 0.4) is 0 Å². The van der Waals surface area contributed by atoms with E-state index >= 15 is 0 Å². The Morgan fingerprint density at radius 2 is 1.89 bits per heavy atom. The minimum absolute atomic E-state index is 0.117. The van der Waals surface area contributed by atoms with Crippen LogP contribution in [0.5, 0.6) is 0 Å². The lowest BCUT2D eigenvalue weighted by Crippen LogP contribution is -2.18. The van der Waals surface area contributed by atoms with Crippen molar-refractivity contribution >= 4 is 43.5 Å². The predicted octanol–water partition coefficient (Wildman–Crippen LogP) is 5.17. The smallest absolute Gasteiger partial charge is 0.0585 e. The van der Waals surface area contributed by atoms with Crippen LogP contribution in [-0.4, -0.2) is 7.05 Å². The van der Waals surface area contributed by atoms with Crippen molar-refractivity contribution in [3.63, 3.8) is 0 Å². The number of benzene rings is 2. The highest BCUT2D eigenvalue weighted by Gasteiger charge is 2.15. The highest BCUT2D eigenvalue weighted by molar-refractivity contribution is 9.11. The minimum atomic E-state index is 0.117. The Labute approximate surface area is 129 Å². The lowest BCUT2D eigenvalue weighted by atomic mass is 9.99. The molecule has 2 aromatic rings. The second-order valence-corrected chi connectivity index (χ2v) is 6.15. The number of hydrogen-bond donors (Lipinski definition) is 1. The molecule has 94 valence electrons. The first kappa shape index (κ1) is 14.1. The molecule has 0 aromatic heterocycles. The molecular weight excluding hydrogens is 377 g/mol. The Bertz CT molecular complexity index is 557. The zero-order valence-corrected chi connectivity index (χ0v) is 13.7. The van der Waals surface area contributed by atoms with Crippen LogP contribution in [0.4, 0.5) is 0 Å². The lowest BCUT2D eigenvalue weighted by Gasteiger charge is -2.19. The monoisotopic (exact) mass is 387 g/mol. The van der Waals surface area contributed by atoms with E-state index in [1.54, 1.807) is 0 Å². The quantitative estimate of drug-likeness (QED) is 0.763. The molecule has 0 radical (unpaired) electrons. The van der Waals surface area contributed by atoms with Crippen LogP contribution in [-0.2, 0) is 0 Å². The summed E-state index contributed by atoms with van der Waals surface area (Å²) < 4.78 is 2.12. The molecule has 0 fully saturated rings. The summed E-state index contributed by atoms with van der Waals surface area (Å²) in [7, 11) is 1.94. The van der Waals surface area contributed by atoms with Gasteiger partial charge in [-0.05, 0) is 42.4 Å². The molecular formula is C14H12Br2ClN. The Balaban J connectivity index is 2.45. The van der Waals surface area contributed by atoms with Crippen molar-refractivity contribution < 1.29 is 0 Å². The van der Waals surface area contributed by atoms with Crippen molar-refractivity contribution in [1.29, 1.82) is 0 Å². The Hall–Kier alpha value is -0.350. The molecule has 1 N–H and O–H groups in total. The van der Waals surface area contributed by atoms with Crippen molar-refractivity contribution in [2.75, 3.05) is 7.05 Å². The van der Waals surface area contributed by atoms with Gasteiger partial charge in [0.25, 0.3) is 0 Å². The Morgan fingerprint density at radius 1 is 1.11 bits per heavy atom. The zero-order valence-electron chi connectivity index (χ0n) is 9.75. The van der Waals surface area contributed by atoms with Gasteiger partial charge in [0.05, 0.1) is 6.04 Å². The van der Waals surface area contributed by atoms with Gasteiger partial charge in [0.2, 0.25) is 0 Å². The predicted molar refractivity (Wildman–Crippen MR) is 84.2 cm³/mol. The maximum absolute atomic E-state index is 6.05. The molecule has 0 spiro atoms. The average molecular weight is 390 g/mol. The normalized spacial score (nSPS) is 12.4. The number of rotatable bonds is 3. The molecule has 2 aromatic carbocycles. The highest BCUT2D eigenvalue weighted by atomic mass is 79.9. The van der Waals surface area contributed by atoms with E-state index in [0.717, 1.165) is 19.5 Å². The van der Waals surface area contributed by atoms with E-state index in [1.165, 1.54) is 5.56 Å². The molecule has 2 rings (SSSR count). The topological polar surface area (TPSA) is 12.0 Å². The molecule has 0 saturated carbocycles.